The van der Waals surface area contributed by atoms with E-state index in [0.29, 0.717) is 0 Å². The number of nitro benzene ring substituents is 1. The molecule has 1 heterocycles. The molecule has 1 aromatic rings. The van der Waals surface area contributed by atoms with Crippen molar-refractivity contribution in [2.75, 3.05) is 0 Å². The van der Waals surface area contributed by atoms with E-state index in [2.05, 4.69) is 0 Å². The van der Waals surface area contributed by atoms with Gasteiger partial charge in [0, 0.05) is 30.5 Å². The van der Waals surface area contributed by atoms with Crippen LogP contribution in [0.15, 0.2) is 18.2 Å². The highest BCUT2D eigenvalue weighted by molar-refractivity contribution is 5.77. The summed E-state index contributed by atoms with van der Waals surface area (Å²) in [4.78, 5) is 20.9. The summed E-state index contributed by atoms with van der Waals surface area (Å²) in [6, 6.07) is 0.458. The second-order valence-corrected chi connectivity index (χ2v) is 4.22. The average Bonchev–Trinajstić information content (AvgIpc) is 2.33. The van der Waals surface area contributed by atoms with Crippen molar-refractivity contribution in [3.05, 3.63) is 39.7 Å². The number of nitrogens with one attached hydrogen (secondary N) is 1. The highest BCUT2D eigenvalue weighted by Crippen LogP contribution is 2.39. The Labute approximate surface area is 105 Å². The third-order valence-corrected chi connectivity index (χ3v) is 2.91. The number of carbonyl (C=O) groups is 1. The minimum Gasteiger partial charge on any atom is -0.343 e. The fourth-order valence-electron chi connectivity index (χ4n) is 1.93. The summed E-state index contributed by atoms with van der Waals surface area (Å²) in [6.45, 7) is 0. The molecular weight excluding hydrogens is 265 g/mol. The van der Waals surface area contributed by atoms with Gasteiger partial charge < -0.3 is 5.32 Å². The zero-order chi connectivity index (χ0) is 14.2. The lowest BCUT2D eigenvalue weighted by atomic mass is 9.92. The smallest absolute Gasteiger partial charge is 0.272 e. The Hall–Kier alpha value is -2.12. The van der Waals surface area contributed by atoms with Crippen molar-refractivity contribution >= 4 is 11.6 Å². The summed E-state index contributed by atoms with van der Waals surface area (Å²) >= 11 is 0. The van der Waals surface area contributed by atoms with Gasteiger partial charge in [-0.1, -0.05) is 0 Å². The molecule has 1 aliphatic rings. The Morgan fingerprint density at radius 1 is 1.42 bits per heavy atom. The SMILES string of the molecule is O=C1CCC(F)(F)C(c2cc([N+](=O)[O-])ccc2F)N1. The Morgan fingerprint density at radius 3 is 2.74 bits per heavy atom. The van der Waals surface area contributed by atoms with Crippen LogP contribution in [-0.4, -0.2) is 16.8 Å². The molecule has 5 nitrogen and oxygen atoms in total. The summed E-state index contributed by atoms with van der Waals surface area (Å²) < 4.78 is 41.0. The van der Waals surface area contributed by atoms with Gasteiger partial charge in [0.2, 0.25) is 5.91 Å². The zero-order valence-electron chi connectivity index (χ0n) is 9.53. The van der Waals surface area contributed by atoms with Crippen LogP contribution in [0.4, 0.5) is 18.9 Å². The largest absolute Gasteiger partial charge is 0.343 e. The highest BCUT2D eigenvalue weighted by atomic mass is 19.3. The normalized spacial score (nSPS) is 21.8. The number of carbonyl (C=O) groups excluding carboxylic acids is 1. The maximum atomic E-state index is 13.7. The first kappa shape index (κ1) is 13.3. The number of halogens is 3. The van der Waals surface area contributed by atoms with Gasteiger partial charge in [-0.2, -0.15) is 0 Å². The fraction of sp³-hybridized carbons (Fsp3) is 0.364. The van der Waals surface area contributed by atoms with Crippen molar-refractivity contribution in [2.24, 2.45) is 0 Å². The van der Waals surface area contributed by atoms with Crippen molar-refractivity contribution < 1.29 is 22.9 Å². The molecule has 1 saturated heterocycles. The van der Waals surface area contributed by atoms with E-state index in [1.165, 1.54) is 0 Å². The number of amides is 1. The molecule has 1 unspecified atom stereocenters. The van der Waals surface area contributed by atoms with Crippen LogP contribution in [0.5, 0.6) is 0 Å². The van der Waals surface area contributed by atoms with E-state index >= 15 is 0 Å². The zero-order valence-corrected chi connectivity index (χ0v) is 9.53. The van der Waals surface area contributed by atoms with E-state index in [0.717, 1.165) is 18.2 Å². The predicted octanol–water partition coefficient (Wildman–Crippen LogP) is 2.32. The monoisotopic (exact) mass is 274 g/mol. The number of nitro groups is 1. The Bertz CT molecular complexity index is 548. The van der Waals surface area contributed by atoms with Crippen molar-refractivity contribution in [3.8, 4) is 0 Å². The summed E-state index contributed by atoms with van der Waals surface area (Å²) in [6.07, 6.45) is -1.08. The number of rotatable bonds is 2. The number of hydrogen-bond acceptors (Lipinski definition) is 3. The van der Waals surface area contributed by atoms with Gasteiger partial charge in [0.25, 0.3) is 11.6 Å². The van der Waals surface area contributed by atoms with Gasteiger partial charge in [0.05, 0.1) is 4.92 Å². The van der Waals surface area contributed by atoms with E-state index in [-0.39, 0.29) is 6.42 Å². The summed E-state index contributed by atoms with van der Waals surface area (Å²) in [7, 11) is 0. The molecule has 19 heavy (non-hydrogen) atoms. The molecule has 0 spiro atoms. The van der Waals surface area contributed by atoms with Crippen LogP contribution in [0.2, 0.25) is 0 Å². The molecule has 0 radical (unpaired) electrons. The van der Waals surface area contributed by atoms with Crippen LogP contribution < -0.4 is 5.32 Å². The minimum atomic E-state index is -3.34. The number of nitrogens with zero attached hydrogens (tertiary/aromatic N) is 1. The molecule has 1 aliphatic heterocycles. The lowest BCUT2D eigenvalue weighted by molar-refractivity contribution is -0.385. The van der Waals surface area contributed by atoms with E-state index in [1.54, 1.807) is 0 Å². The maximum absolute atomic E-state index is 13.7. The van der Waals surface area contributed by atoms with E-state index in [1.807, 2.05) is 5.32 Å². The van der Waals surface area contributed by atoms with Gasteiger partial charge in [-0.3, -0.25) is 14.9 Å². The number of benzene rings is 1. The quantitative estimate of drug-likeness (QED) is 0.664. The number of piperidine rings is 1. The molecule has 102 valence electrons. The van der Waals surface area contributed by atoms with Crippen molar-refractivity contribution in [1.29, 1.82) is 0 Å². The molecule has 0 saturated carbocycles. The van der Waals surface area contributed by atoms with Crippen LogP contribution in [0.1, 0.15) is 24.4 Å². The molecule has 1 amide bonds. The molecule has 0 bridgehead atoms. The van der Waals surface area contributed by atoms with Gasteiger partial charge in [0.1, 0.15) is 11.9 Å². The summed E-state index contributed by atoms with van der Waals surface area (Å²) in [5.74, 6) is -5.00. The first-order chi connectivity index (χ1) is 8.81. The number of non-ortho nitro benzene ring substituents is 1. The predicted molar refractivity (Wildman–Crippen MR) is 58.1 cm³/mol. The van der Waals surface area contributed by atoms with Gasteiger partial charge in [-0.05, 0) is 6.07 Å². The minimum absolute atomic E-state index is 0.361. The standard InChI is InChI=1S/C11H9F3N2O3/c12-8-2-1-6(16(18)19)5-7(8)10-11(13,14)4-3-9(17)15-10/h1-2,5,10H,3-4H2,(H,15,17). The van der Waals surface area contributed by atoms with Crippen molar-refractivity contribution in [1.82, 2.24) is 5.32 Å². The lowest BCUT2D eigenvalue weighted by Crippen LogP contribution is -2.46. The molecule has 1 atom stereocenters. The Morgan fingerprint density at radius 2 is 2.11 bits per heavy atom. The lowest BCUT2D eigenvalue weighted by Gasteiger charge is -2.32. The van der Waals surface area contributed by atoms with Crippen molar-refractivity contribution in [2.45, 2.75) is 24.8 Å². The van der Waals surface area contributed by atoms with Gasteiger partial charge >= 0.3 is 0 Å². The van der Waals surface area contributed by atoms with Crippen LogP contribution in [0.3, 0.4) is 0 Å². The Balaban J connectivity index is 2.46. The molecule has 0 aromatic heterocycles. The number of alkyl halides is 2. The maximum Gasteiger partial charge on any atom is 0.272 e. The summed E-state index contributed by atoms with van der Waals surface area (Å²) in [5, 5.41) is 12.6. The van der Waals surface area contributed by atoms with Crippen LogP contribution in [0.25, 0.3) is 0 Å². The van der Waals surface area contributed by atoms with Crippen LogP contribution in [-0.2, 0) is 4.79 Å². The first-order valence-corrected chi connectivity index (χ1v) is 5.42. The van der Waals surface area contributed by atoms with E-state index in [9.17, 15) is 28.1 Å². The van der Waals surface area contributed by atoms with Gasteiger partial charge in [-0.25, -0.2) is 13.2 Å². The first-order valence-electron chi connectivity index (χ1n) is 5.42. The number of hydrogen-bond donors (Lipinski definition) is 1. The molecule has 1 N–H and O–H groups in total. The van der Waals surface area contributed by atoms with Crippen LogP contribution in [0, 0.1) is 15.9 Å². The third-order valence-electron chi connectivity index (χ3n) is 2.91. The molecule has 8 heteroatoms. The van der Waals surface area contributed by atoms with E-state index < -0.39 is 46.3 Å². The molecule has 1 fully saturated rings. The van der Waals surface area contributed by atoms with E-state index in [4.69, 9.17) is 0 Å². The highest BCUT2D eigenvalue weighted by Gasteiger charge is 2.46. The fourth-order valence-corrected chi connectivity index (χ4v) is 1.93. The second kappa shape index (κ2) is 4.52. The molecule has 0 aliphatic carbocycles. The van der Waals surface area contributed by atoms with Crippen molar-refractivity contribution in [3.63, 3.8) is 0 Å². The molecule has 2 rings (SSSR count). The topological polar surface area (TPSA) is 72.2 Å². The second-order valence-electron chi connectivity index (χ2n) is 4.22. The third kappa shape index (κ3) is 2.51. The van der Waals surface area contributed by atoms with Gasteiger partial charge in [-0.15, -0.1) is 0 Å². The Kier molecular flexibility index (Phi) is 3.17. The molecular formula is C11H9F3N2O3. The average molecular weight is 274 g/mol. The van der Waals surface area contributed by atoms with Gasteiger partial charge in [0.15, 0.2) is 0 Å². The van der Waals surface area contributed by atoms with Crippen LogP contribution >= 0.6 is 0 Å². The summed E-state index contributed by atoms with van der Waals surface area (Å²) in [5.41, 5.74) is -1.08. The molecule has 1 aromatic carbocycles.